The fourth-order valence-corrected chi connectivity index (χ4v) is 3.37. The first-order valence-electron chi connectivity index (χ1n) is 10.1. The number of nitrogens with one attached hydrogen (secondary N) is 1. The zero-order chi connectivity index (χ0) is 26.2. The number of hydrogen-bond donors (Lipinski definition) is 3. The van der Waals surface area contributed by atoms with E-state index in [0.717, 1.165) is 44.0 Å². The summed E-state index contributed by atoms with van der Waals surface area (Å²) in [5.74, 6) is -5.29. The Morgan fingerprint density at radius 1 is 1.03 bits per heavy atom. The summed E-state index contributed by atoms with van der Waals surface area (Å²) in [5.41, 5.74) is 2.62. The molecular weight excluding hydrogens is 476 g/mol. The first-order chi connectivity index (χ1) is 15.5. The lowest BCUT2D eigenvalue weighted by molar-refractivity contribution is -0.193. The largest absolute Gasteiger partial charge is 0.490 e. The average molecular weight is 501 g/mol. The maximum absolute atomic E-state index is 11.3. The third-order valence-corrected chi connectivity index (χ3v) is 5.28. The number of alkyl halides is 6. The van der Waals surface area contributed by atoms with E-state index in [0.29, 0.717) is 11.8 Å². The molecule has 1 spiro atoms. The number of halogens is 6. The van der Waals surface area contributed by atoms with Gasteiger partial charge >= 0.3 is 24.3 Å². The summed E-state index contributed by atoms with van der Waals surface area (Å²) >= 11 is 0. The Hall–Kier alpha value is -2.90. The SMILES string of the molecule is Cc1cccc(CN2CCC3(CCC(=O)NC3)CC2)n1.O=C(O)C(F)(F)F.O=C(O)C(F)(F)F. The Bertz CT molecular complexity index is 816. The number of likely N-dealkylation sites (tertiary alicyclic amines) is 1. The molecular formula is C20H25F6N3O5. The van der Waals surface area contributed by atoms with Gasteiger partial charge in [-0.2, -0.15) is 26.3 Å². The van der Waals surface area contributed by atoms with Crippen molar-refractivity contribution in [1.82, 2.24) is 15.2 Å². The molecule has 2 aliphatic heterocycles. The summed E-state index contributed by atoms with van der Waals surface area (Å²) in [6, 6.07) is 6.23. The highest BCUT2D eigenvalue weighted by Crippen LogP contribution is 2.37. The molecule has 3 rings (SSSR count). The number of amides is 1. The van der Waals surface area contributed by atoms with Gasteiger partial charge in [0, 0.05) is 25.2 Å². The van der Waals surface area contributed by atoms with Gasteiger partial charge in [0.05, 0.1) is 5.69 Å². The van der Waals surface area contributed by atoms with Gasteiger partial charge in [0.2, 0.25) is 5.91 Å². The third kappa shape index (κ3) is 10.4. The topological polar surface area (TPSA) is 120 Å². The first kappa shape index (κ1) is 29.1. The molecule has 2 aliphatic rings. The molecule has 0 atom stereocenters. The van der Waals surface area contributed by atoms with E-state index < -0.39 is 24.3 Å². The summed E-state index contributed by atoms with van der Waals surface area (Å²) < 4.78 is 63.5. The van der Waals surface area contributed by atoms with Crippen molar-refractivity contribution in [3.8, 4) is 0 Å². The van der Waals surface area contributed by atoms with Crippen LogP contribution in [0.15, 0.2) is 18.2 Å². The van der Waals surface area contributed by atoms with Crippen LogP contribution in [0.2, 0.25) is 0 Å². The molecule has 0 saturated carbocycles. The highest BCUT2D eigenvalue weighted by atomic mass is 19.4. The van der Waals surface area contributed by atoms with Crippen LogP contribution in [0.1, 0.15) is 37.1 Å². The molecule has 0 bridgehead atoms. The molecule has 1 amide bonds. The maximum Gasteiger partial charge on any atom is 0.490 e. The van der Waals surface area contributed by atoms with Crippen molar-refractivity contribution in [3.05, 3.63) is 29.6 Å². The van der Waals surface area contributed by atoms with E-state index in [1.807, 2.05) is 13.0 Å². The molecule has 0 unspecified atom stereocenters. The molecule has 3 heterocycles. The lowest BCUT2D eigenvalue weighted by Crippen LogP contribution is -2.49. The predicted molar refractivity (Wildman–Crippen MR) is 106 cm³/mol. The minimum absolute atomic E-state index is 0.224. The molecule has 2 saturated heterocycles. The molecule has 0 aromatic carbocycles. The van der Waals surface area contributed by atoms with Crippen LogP contribution >= 0.6 is 0 Å². The minimum atomic E-state index is -5.08. The van der Waals surface area contributed by atoms with E-state index >= 15 is 0 Å². The standard InChI is InChI=1S/C16H23N3O.2C2HF3O2/c1-13-3-2-4-14(18-13)11-19-9-7-16(8-10-19)6-5-15(20)17-12-16;2*3-2(4,5)1(6)7/h2-4H,5-12H2,1H3,(H,17,20);2*(H,6,7). The van der Waals surface area contributed by atoms with E-state index in [-0.39, 0.29) is 5.91 Å². The fourth-order valence-electron chi connectivity index (χ4n) is 3.37. The number of hydrogen-bond acceptors (Lipinski definition) is 5. The Morgan fingerprint density at radius 2 is 1.53 bits per heavy atom. The van der Waals surface area contributed by atoms with Gasteiger partial charge in [-0.3, -0.25) is 14.7 Å². The number of nitrogens with zero attached hydrogens (tertiary/aromatic N) is 2. The molecule has 14 heteroatoms. The van der Waals surface area contributed by atoms with Crippen LogP contribution in [0.5, 0.6) is 0 Å². The van der Waals surface area contributed by atoms with Gasteiger partial charge in [-0.15, -0.1) is 0 Å². The lowest BCUT2D eigenvalue weighted by Gasteiger charge is -2.44. The van der Waals surface area contributed by atoms with E-state index in [9.17, 15) is 31.1 Å². The number of aliphatic carboxylic acids is 2. The zero-order valence-corrected chi connectivity index (χ0v) is 18.2. The summed E-state index contributed by atoms with van der Waals surface area (Å²) in [6.45, 7) is 6.10. The van der Waals surface area contributed by atoms with Gasteiger partial charge < -0.3 is 15.5 Å². The predicted octanol–water partition coefficient (Wildman–Crippen LogP) is 3.15. The molecule has 1 aromatic rings. The van der Waals surface area contributed by atoms with Crippen LogP contribution in [0, 0.1) is 12.3 Å². The van der Waals surface area contributed by atoms with Crippen molar-refractivity contribution in [2.24, 2.45) is 5.41 Å². The molecule has 2 fully saturated rings. The molecule has 192 valence electrons. The second-order valence-electron chi connectivity index (χ2n) is 7.93. The van der Waals surface area contributed by atoms with Crippen LogP contribution < -0.4 is 5.32 Å². The second kappa shape index (κ2) is 12.0. The number of carbonyl (C=O) groups is 3. The third-order valence-electron chi connectivity index (χ3n) is 5.28. The van der Waals surface area contributed by atoms with Crippen LogP contribution in [-0.2, 0) is 20.9 Å². The number of carboxylic acid groups (broad SMARTS) is 2. The number of aryl methyl sites for hydroxylation is 1. The molecule has 1 aromatic heterocycles. The monoisotopic (exact) mass is 501 g/mol. The van der Waals surface area contributed by atoms with Crippen molar-refractivity contribution in [3.63, 3.8) is 0 Å². The number of carbonyl (C=O) groups excluding carboxylic acids is 1. The molecule has 0 radical (unpaired) electrons. The summed E-state index contributed by atoms with van der Waals surface area (Å²) in [6.07, 6.45) is -6.01. The smallest absolute Gasteiger partial charge is 0.475 e. The summed E-state index contributed by atoms with van der Waals surface area (Å²) in [5, 5.41) is 17.3. The first-order valence-corrected chi connectivity index (χ1v) is 10.1. The highest BCUT2D eigenvalue weighted by molar-refractivity contribution is 5.76. The van der Waals surface area contributed by atoms with Gasteiger partial charge in [0.15, 0.2) is 0 Å². The summed E-state index contributed by atoms with van der Waals surface area (Å²) in [7, 11) is 0. The molecule has 34 heavy (non-hydrogen) atoms. The maximum atomic E-state index is 11.3. The Morgan fingerprint density at radius 3 is 1.91 bits per heavy atom. The second-order valence-corrected chi connectivity index (χ2v) is 7.93. The van der Waals surface area contributed by atoms with Crippen LogP contribution in [0.3, 0.4) is 0 Å². The number of rotatable bonds is 2. The Labute approximate surface area is 191 Å². The minimum Gasteiger partial charge on any atom is -0.475 e. The molecule has 3 N–H and O–H groups in total. The quantitative estimate of drug-likeness (QED) is 0.533. The van der Waals surface area contributed by atoms with E-state index in [4.69, 9.17) is 19.8 Å². The van der Waals surface area contributed by atoms with Crippen molar-refractivity contribution < 1.29 is 50.9 Å². The van der Waals surface area contributed by atoms with Gasteiger partial charge in [-0.05, 0) is 56.8 Å². The zero-order valence-electron chi connectivity index (χ0n) is 18.2. The van der Waals surface area contributed by atoms with Crippen molar-refractivity contribution in [2.45, 2.75) is 51.5 Å². The number of piperidine rings is 2. The van der Waals surface area contributed by atoms with Gasteiger partial charge in [0.25, 0.3) is 0 Å². The molecule has 0 aliphatic carbocycles. The van der Waals surface area contributed by atoms with Crippen LogP contribution in [0.25, 0.3) is 0 Å². The van der Waals surface area contributed by atoms with E-state index in [2.05, 4.69) is 27.3 Å². The fraction of sp³-hybridized carbons (Fsp3) is 0.600. The average Bonchev–Trinajstić information content (AvgIpc) is 2.72. The highest BCUT2D eigenvalue weighted by Gasteiger charge is 2.39. The van der Waals surface area contributed by atoms with Gasteiger partial charge in [-0.1, -0.05) is 6.07 Å². The Balaban J connectivity index is 0.000000343. The number of pyridine rings is 1. The lowest BCUT2D eigenvalue weighted by atomic mass is 9.73. The van der Waals surface area contributed by atoms with Crippen molar-refractivity contribution in [1.29, 1.82) is 0 Å². The Kier molecular flexibility index (Phi) is 10.3. The molecule has 8 nitrogen and oxygen atoms in total. The van der Waals surface area contributed by atoms with E-state index in [1.54, 1.807) is 0 Å². The number of aromatic nitrogens is 1. The van der Waals surface area contributed by atoms with Gasteiger partial charge in [-0.25, -0.2) is 9.59 Å². The van der Waals surface area contributed by atoms with Crippen LogP contribution in [-0.4, -0.2) is 69.9 Å². The van der Waals surface area contributed by atoms with Crippen LogP contribution in [0.4, 0.5) is 26.3 Å². The van der Waals surface area contributed by atoms with Crippen molar-refractivity contribution in [2.75, 3.05) is 19.6 Å². The normalized spacial score (nSPS) is 18.0. The van der Waals surface area contributed by atoms with Crippen molar-refractivity contribution >= 4 is 17.8 Å². The van der Waals surface area contributed by atoms with Gasteiger partial charge in [0.1, 0.15) is 0 Å². The summed E-state index contributed by atoms with van der Waals surface area (Å²) in [4.78, 5) is 36.2. The number of carboxylic acids is 2. The van der Waals surface area contributed by atoms with E-state index in [1.165, 1.54) is 12.8 Å².